The Hall–Kier alpha value is -3.33. The fraction of sp³-hybridized carbons (Fsp3) is 0.222. The number of amides is 1. The van der Waals surface area contributed by atoms with Crippen LogP contribution < -0.4 is 10.9 Å². The number of carbonyl (C=O) groups is 1. The van der Waals surface area contributed by atoms with E-state index in [9.17, 15) is 19.1 Å². The Morgan fingerprint density at radius 2 is 2.15 bits per heavy atom. The van der Waals surface area contributed by atoms with Gasteiger partial charge in [-0.25, -0.2) is 4.39 Å². The third-order valence-corrected chi connectivity index (χ3v) is 4.57. The van der Waals surface area contributed by atoms with Crippen molar-refractivity contribution in [3.63, 3.8) is 0 Å². The minimum Gasteiger partial charge on any atom is -0.390 e. The molecule has 0 radical (unpaired) electrons. The van der Waals surface area contributed by atoms with Gasteiger partial charge in [0.1, 0.15) is 17.1 Å². The van der Waals surface area contributed by atoms with E-state index in [1.165, 1.54) is 35.3 Å². The Morgan fingerprint density at radius 3 is 2.89 bits per heavy atom. The fourth-order valence-electron chi connectivity index (χ4n) is 3.27. The van der Waals surface area contributed by atoms with Gasteiger partial charge in [-0.15, -0.1) is 0 Å². The summed E-state index contributed by atoms with van der Waals surface area (Å²) in [5.41, 5.74) is 0.945. The second-order valence-corrected chi connectivity index (χ2v) is 6.40. The number of aliphatic hydroxyl groups is 1. The molecule has 27 heavy (non-hydrogen) atoms. The number of hydrogen-bond acceptors (Lipinski definition) is 5. The van der Waals surface area contributed by atoms with Crippen LogP contribution in [0.15, 0.2) is 47.7 Å². The smallest absolute Gasteiger partial charge is 0.284 e. The topological polar surface area (TPSA) is 102 Å². The normalized spacial score (nSPS) is 18.3. The van der Waals surface area contributed by atoms with Gasteiger partial charge >= 0.3 is 0 Å². The number of nitrogens with one attached hydrogen (secondary N) is 1. The molecule has 0 saturated carbocycles. The number of rotatable bonds is 3. The standard InChI is InChI=1S/C18H16FN5O3/c1-23-9-12(8-21-23)24-18(27)13(4-5-20-24)17(26)22-16-14-7-11(19)3-2-10(14)6-15(16)25/h2-5,7-9,15-16,25H,6H2,1H3,(H,22,26)/t15-,16-/m1/s1. The summed E-state index contributed by atoms with van der Waals surface area (Å²) in [6, 6.07) is 4.70. The first kappa shape index (κ1) is 17.1. The summed E-state index contributed by atoms with van der Waals surface area (Å²) in [4.78, 5) is 25.3. The van der Waals surface area contributed by atoms with Crippen LogP contribution in [0.1, 0.15) is 27.5 Å². The monoisotopic (exact) mass is 369 g/mol. The number of benzene rings is 1. The number of carbonyl (C=O) groups excluding carboxylic acids is 1. The number of aliphatic hydroxyl groups excluding tert-OH is 1. The van der Waals surface area contributed by atoms with E-state index in [-0.39, 0.29) is 5.56 Å². The fourth-order valence-corrected chi connectivity index (χ4v) is 3.27. The van der Waals surface area contributed by atoms with Gasteiger partial charge in [0.15, 0.2) is 0 Å². The molecule has 2 N–H and O–H groups in total. The van der Waals surface area contributed by atoms with Crippen LogP contribution in [0.3, 0.4) is 0 Å². The van der Waals surface area contributed by atoms with E-state index >= 15 is 0 Å². The molecule has 3 aromatic rings. The summed E-state index contributed by atoms with van der Waals surface area (Å²) in [6.45, 7) is 0. The van der Waals surface area contributed by atoms with Gasteiger partial charge in [-0.3, -0.25) is 14.3 Å². The zero-order valence-electron chi connectivity index (χ0n) is 14.3. The molecule has 0 saturated heterocycles. The highest BCUT2D eigenvalue weighted by Gasteiger charge is 2.33. The summed E-state index contributed by atoms with van der Waals surface area (Å²) >= 11 is 0. The SMILES string of the molecule is Cn1cc(-n2nccc(C(=O)N[C@@H]3c4cc(F)ccc4C[C@H]3O)c2=O)cn1. The molecule has 8 nitrogen and oxygen atoms in total. The molecule has 0 bridgehead atoms. The second-order valence-electron chi connectivity index (χ2n) is 6.40. The maximum absolute atomic E-state index is 13.6. The summed E-state index contributed by atoms with van der Waals surface area (Å²) in [5.74, 6) is -1.12. The van der Waals surface area contributed by atoms with Crippen LogP contribution in [0.25, 0.3) is 5.69 Å². The molecule has 1 aromatic carbocycles. The molecule has 0 unspecified atom stereocenters. The van der Waals surface area contributed by atoms with Gasteiger partial charge in [0.05, 0.1) is 24.5 Å². The van der Waals surface area contributed by atoms with E-state index in [1.54, 1.807) is 19.3 Å². The largest absolute Gasteiger partial charge is 0.390 e. The third kappa shape index (κ3) is 3.02. The van der Waals surface area contributed by atoms with Gasteiger partial charge in [0.25, 0.3) is 11.5 Å². The van der Waals surface area contributed by atoms with Crippen molar-refractivity contribution in [2.45, 2.75) is 18.6 Å². The van der Waals surface area contributed by atoms with Crippen LogP contribution in [-0.2, 0) is 13.5 Å². The first-order valence-corrected chi connectivity index (χ1v) is 8.28. The average Bonchev–Trinajstić information content (AvgIpc) is 3.19. The van der Waals surface area contributed by atoms with E-state index in [4.69, 9.17) is 0 Å². The van der Waals surface area contributed by atoms with Crippen molar-refractivity contribution in [2.24, 2.45) is 7.05 Å². The lowest BCUT2D eigenvalue weighted by molar-refractivity contribution is 0.0856. The Morgan fingerprint density at radius 1 is 1.33 bits per heavy atom. The van der Waals surface area contributed by atoms with Crippen molar-refractivity contribution in [3.8, 4) is 5.69 Å². The molecule has 1 amide bonds. The van der Waals surface area contributed by atoms with Crippen molar-refractivity contribution < 1.29 is 14.3 Å². The molecule has 138 valence electrons. The molecule has 2 aromatic heterocycles. The lowest BCUT2D eigenvalue weighted by atomic mass is 10.1. The first-order valence-electron chi connectivity index (χ1n) is 8.28. The number of nitrogens with zero attached hydrogens (tertiary/aromatic N) is 4. The lowest BCUT2D eigenvalue weighted by Crippen LogP contribution is -2.38. The Labute approximate surface area is 152 Å². The molecular weight excluding hydrogens is 353 g/mol. The number of halogens is 1. The molecule has 1 aliphatic rings. The molecule has 2 atom stereocenters. The Bertz CT molecular complexity index is 1090. The van der Waals surface area contributed by atoms with E-state index in [0.717, 1.165) is 10.2 Å². The summed E-state index contributed by atoms with van der Waals surface area (Å²) in [7, 11) is 1.70. The molecule has 4 rings (SSSR count). The van der Waals surface area contributed by atoms with Crippen LogP contribution in [0.2, 0.25) is 0 Å². The highest BCUT2D eigenvalue weighted by atomic mass is 19.1. The van der Waals surface area contributed by atoms with Crippen molar-refractivity contribution in [1.29, 1.82) is 0 Å². The highest BCUT2D eigenvalue weighted by Crippen LogP contribution is 2.32. The average molecular weight is 369 g/mol. The second kappa shape index (κ2) is 6.44. The van der Waals surface area contributed by atoms with Crippen LogP contribution in [0.4, 0.5) is 4.39 Å². The van der Waals surface area contributed by atoms with E-state index in [1.807, 2.05) is 0 Å². The van der Waals surface area contributed by atoms with Crippen LogP contribution >= 0.6 is 0 Å². The highest BCUT2D eigenvalue weighted by molar-refractivity contribution is 5.94. The summed E-state index contributed by atoms with van der Waals surface area (Å²) in [6.07, 6.45) is 3.79. The van der Waals surface area contributed by atoms with Crippen LogP contribution in [-0.4, -0.2) is 36.7 Å². The molecule has 2 heterocycles. The van der Waals surface area contributed by atoms with Crippen LogP contribution in [0.5, 0.6) is 0 Å². The molecule has 0 fully saturated rings. The minimum absolute atomic E-state index is 0.133. The van der Waals surface area contributed by atoms with E-state index < -0.39 is 29.4 Å². The molecule has 1 aliphatic carbocycles. The zero-order chi connectivity index (χ0) is 19.1. The number of hydrogen-bond donors (Lipinski definition) is 2. The minimum atomic E-state index is -0.895. The van der Waals surface area contributed by atoms with Gasteiger partial charge in [-0.1, -0.05) is 6.07 Å². The maximum Gasteiger partial charge on any atom is 0.284 e. The van der Waals surface area contributed by atoms with Crippen LogP contribution in [0, 0.1) is 5.82 Å². The predicted octanol–water partition coefficient (Wildman–Crippen LogP) is 0.493. The lowest BCUT2D eigenvalue weighted by Gasteiger charge is -2.18. The molecule has 9 heteroatoms. The van der Waals surface area contributed by atoms with Gasteiger partial charge in [0.2, 0.25) is 0 Å². The van der Waals surface area contributed by atoms with Gasteiger partial charge in [-0.05, 0) is 29.3 Å². The summed E-state index contributed by atoms with van der Waals surface area (Å²) in [5, 5.41) is 20.8. The van der Waals surface area contributed by atoms with Gasteiger partial charge in [0, 0.05) is 19.7 Å². The number of fused-ring (bicyclic) bond motifs is 1. The number of aryl methyl sites for hydroxylation is 1. The Kier molecular flexibility index (Phi) is 4.08. The van der Waals surface area contributed by atoms with Gasteiger partial charge < -0.3 is 10.4 Å². The quantitative estimate of drug-likeness (QED) is 0.700. The van der Waals surface area contributed by atoms with Crippen molar-refractivity contribution in [2.75, 3.05) is 0 Å². The molecule has 0 spiro atoms. The Balaban J connectivity index is 1.65. The van der Waals surface area contributed by atoms with Crippen molar-refractivity contribution in [1.82, 2.24) is 24.9 Å². The predicted molar refractivity (Wildman–Crippen MR) is 92.9 cm³/mol. The summed E-state index contributed by atoms with van der Waals surface area (Å²) < 4.78 is 16.1. The maximum atomic E-state index is 13.6. The molecular formula is C18H16FN5O3. The third-order valence-electron chi connectivity index (χ3n) is 4.57. The van der Waals surface area contributed by atoms with E-state index in [2.05, 4.69) is 15.5 Å². The van der Waals surface area contributed by atoms with E-state index in [0.29, 0.717) is 17.7 Å². The van der Waals surface area contributed by atoms with Crippen molar-refractivity contribution >= 4 is 5.91 Å². The number of aromatic nitrogens is 4. The first-order chi connectivity index (χ1) is 12.9. The zero-order valence-corrected chi connectivity index (χ0v) is 14.3. The van der Waals surface area contributed by atoms with Crippen molar-refractivity contribution in [3.05, 3.63) is 75.7 Å². The molecule has 0 aliphatic heterocycles. The van der Waals surface area contributed by atoms with Gasteiger partial charge in [-0.2, -0.15) is 14.9 Å².